The van der Waals surface area contributed by atoms with Gasteiger partial charge in [-0.15, -0.1) is 16.9 Å². The van der Waals surface area contributed by atoms with E-state index in [4.69, 9.17) is 5.73 Å². The number of hydrogen-bond donors (Lipinski definition) is 1. The third kappa shape index (κ3) is 2.78. The van der Waals surface area contributed by atoms with Crippen LogP contribution in [-0.2, 0) is 6.54 Å². The molecule has 2 heterocycles. The van der Waals surface area contributed by atoms with Crippen LogP contribution in [0, 0.1) is 5.82 Å². The van der Waals surface area contributed by atoms with Gasteiger partial charge in [-0.05, 0) is 30.3 Å². The van der Waals surface area contributed by atoms with E-state index in [2.05, 4.69) is 5.10 Å². The van der Waals surface area contributed by atoms with Crippen LogP contribution in [-0.4, -0.2) is 19.9 Å². The van der Waals surface area contributed by atoms with E-state index in [9.17, 15) is 9.18 Å². The third-order valence-corrected chi connectivity index (χ3v) is 4.08. The highest BCUT2D eigenvalue weighted by Crippen LogP contribution is 2.25. The van der Waals surface area contributed by atoms with Crippen molar-refractivity contribution >= 4 is 23.1 Å². The minimum atomic E-state index is -0.323. The second kappa shape index (κ2) is 5.61. The van der Waals surface area contributed by atoms with Gasteiger partial charge in [-0.2, -0.15) is 0 Å². The normalized spacial score (nSPS) is 11.1. The Bertz CT molecular complexity index is 842. The van der Waals surface area contributed by atoms with Crippen LogP contribution in [0.15, 0.2) is 52.3 Å². The molecule has 0 fully saturated rings. The monoisotopic (exact) mass is 304 g/mol. The first-order valence-electron chi connectivity index (χ1n) is 6.37. The Morgan fingerprint density at radius 3 is 2.95 bits per heavy atom. The van der Waals surface area contributed by atoms with Gasteiger partial charge in [-0.3, -0.25) is 4.40 Å². The second-order valence-corrected chi connectivity index (χ2v) is 5.60. The first-order valence-corrected chi connectivity index (χ1v) is 7.36. The molecule has 3 aromatic rings. The summed E-state index contributed by atoms with van der Waals surface area (Å²) in [5.41, 5.74) is 6.74. The standard InChI is InChI=1S/C14H13FN4OS/c15-10-4-5-11(16)12(9-10)21-8-7-19-14(20)18-6-2-1-3-13(18)17-19/h1-6,9H,7-8,16H2. The lowest BCUT2D eigenvalue weighted by molar-refractivity contribution is 0.624. The SMILES string of the molecule is Nc1ccc(F)cc1SCCn1nc2ccccn2c1=O. The van der Waals surface area contributed by atoms with Crippen molar-refractivity contribution in [1.29, 1.82) is 0 Å². The molecule has 0 amide bonds. The van der Waals surface area contributed by atoms with E-state index >= 15 is 0 Å². The van der Waals surface area contributed by atoms with E-state index < -0.39 is 0 Å². The molecule has 0 saturated carbocycles. The molecular weight excluding hydrogens is 291 g/mol. The number of nitrogen functional groups attached to an aromatic ring is 1. The van der Waals surface area contributed by atoms with Gasteiger partial charge in [-0.25, -0.2) is 13.9 Å². The molecule has 2 aromatic heterocycles. The topological polar surface area (TPSA) is 65.3 Å². The molecule has 5 nitrogen and oxygen atoms in total. The average Bonchev–Trinajstić information content (AvgIpc) is 2.80. The van der Waals surface area contributed by atoms with Gasteiger partial charge in [0.05, 0.1) is 6.54 Å². The number of aryl methyl sites for hydroxylation is 1. The van der Waals surface area contributed by atoms with Crippen LogP contribution in [0.4, 0.5) is 10.1 Å². The van der Waals surface area contributed by atoms with Crippen LogP contribution in [0.2, 0.25) is 0 Å². The van der Waals surface area contributed by atoms with Crippen molar-refractivity contribution in [2.45, 2.75) is 11.4 Å². The Morgan fingerprint density at radius 2 is 2.14 bits per heavy atom. The number of rotatable bonds is 4. The van der Waals surface area contributed by atoms with Crippen LogP contribution < -0.4 is 11.4 Å². The van der Waals surface area contributed by atoms with E-state index in [1.54, 1.807) is 18.3 Å². The number of hydrogen-bond acceptors (Lipinski definition) is 4. The molecular formula is C14H13FN4OS. The number of pyridine rings is 1. The van der Waals surface area contributed by atoms with Crippen LogP contribution in [0.5, 0.6) is 0 Å². The number of anilines is 1. The first-order chi connectivity index (χ1) is 10.1. The van der Waals surface area contributed by atoms with Crippen molar-refractivity contribution in [3.05, 3.63) is 58.9 Å². The van der Waals surface area contributed by atoms with E-state index in [-0.39, 0.29) is 11.5 Å². The molecule has 1 aromatic carbocycles. The molecule has 0 aliphatic rings. The number of halogens is 1. The number of fused-ring (bicyclic) bond motifs is 1. The molecule has 0 spiro atoms. The lowest BCUT2D eigenvalue weighted by atomic mass is 10.3. The van der Waals surface area contributed by atoms with E-state index in [0.717, 1.165) is 0 Å². The van der Waals surface area contributed by atoms with Crippen LogP contribution in [0.3, 0.4) is 0 Å². The first kappa shape index (κ1) is 13.7. The number of benzene rings is 1. The fourth-order valence-corrected chi connectivity index (χ4v) is 2.90. The lowest BCUT2D eigenvalue weighted by Gasteiger charge is -2.05. The minimum absolute atomic E-state index is 0.182. The van der Waals surface area contributed by atoms with Gasteiger partial charge in [0, 0.05) is 22.5 Å². The van der Waals surface area contributed by atoms with Gasteiger partial charge in [0.25, 0.3) is 0 Å². The molecule has 0 saturated heterocycles. The fourth-order valence-electron chi connectivity index (χ4n) is 1.99. The van der Waals surface area contributed by atoms with Crippen LogP contribution >= 0.6 is 11.8 Å². The fraction of sp³-hybridized carbons (Fsp3) is 0.143. The second-order valence-electron chi connectivity index (χ2n) is 4.47. The third-order valence-electron chi connectivity index (χ3n) is 3.02. The Labute approximate surface area is 124 Å². The summed E-state index contributed by atoms with van der Waals surface area (Å²) >= 11 is 1.40. The van der Waals surface area contributed by atoms with Crippen molar-refractivity contribution in [1.82, 2.24) is 14.2 Å². The van der Waals surface area contributed by atoms with E-state index in [0.29, 0.717) is 28.5 Å². The molecule has 0 bridgehead atoms. The Balaban J connectivity index is 1.74. The maximum Gasteiger partial charge on any atom is 0.350 e. The number of nitrogens with zero attached hydrogens (tertiary/aromatic N) is 3. The summed E-state index contributed by atoms with van der Waals surface area (Å²) in [6.07, 6.45) is 1.68. The van der Waals surface area contributed by atoms with Crippen molar-refractivity contribution < 1.29 is 4.39 Å². The smallest absolute Gasteiger partial charge is 0.350 e. The summed E-state index contributed by atoms with van der Waals surface area (Å²) in [6.45, 7) is 0.432. The number of thioether (sulfide) groups is 1. The number of aromatic nitrogens is 3. The highest BCUT2D eigenvalue weighted by molar-refractivity contribution is 7.99. The van der Waals surface area contributed by atoms with E-state index in [1.165, 1.54) is 39.0 Å². The zero-order valence-corrected chi connectivity index (χ0v) is 11.9. The molecule has 0 radical (unpaired) electrons. The molecule has 3 rings (SSSR count). The van der Waals surface area contributed by atoms with Crippen molar-refractivity contribution in [3.63, 3.8) is 0 Å². The van der Waals surface area contributed by atoms with Crippen LogP contribution in [0.1, 0.15) is 0 Å². The molecule has 21 heavy (non-hydrogen) atoms. The van der Waals surface area contributed by atoms with Gasteiger partial charge in [-0.1, -0.05) is 6.07 Å². The van der Waals surface area contributed by atoms with Gasteiger partial charge in [0.1, 0.15) is 5.82 Å². The largest absolute Gasteiger partial charge is 0.398 e. The Hall–Kier alpha value is -2.28. The minimum Gasteiger partial charge on any atom is -0.398 e. The highest BCUT2D eigenvalue weighted by atomic mass is 32.2. The molecule has 0 aliphatic carbocycles. The maximum atomic E-state index is 13.2. The Morgan fingerprint density at radius 1 is 1.29 bits per heavy atom. The lowest BCUT2D eigenvalue weighted by Crippen LogP contribution is -2.22. The van der Waals surface area contributed by atoms with Gasteiger partial charge < -0.3 is 5.73 Å². The predicted octanol–water partition coefficient (Wildman–Crippen LogP) is 2.01. The summed E-state index contributed by atoms with van der Waals surface area (Å²) in [6, 6.07) is 9.64. The van der Waals surface area contributed by atoms with E-state index in [1.807, 2.05) is 6.07 Å². The van der Waals surface area contributed by atoms with Gasteiger partial charge in [0.15, 0.2) is 5.65 Å². The zero-order valence-electron chi connectivity index (χ0n) is 11.1. The summed E-state index contributed by atoms with van der Waals surface area (Å²) in [7, 11) is 0. The summed E-state index contributed by atoms with van der Waals surface area (Å²) in [5.74, 6) is 0.258. The molecule has 2 N–H and O–H groups in total. The summed E-state index contributed by atoms with van der Waals surface area (Å²) < 4.78 is 16.0. The average molecular weight is 304 g/mol. The molecule has 0 aliphatic heterocycles. The van der Waals surface area contributed by atoms with Crippen LogP contribution in [0.25, 0.3) is 5.65 Å². The number of nitrogens with two attached hydrogens (primary N) is 1. The summed E-state index contributed by atoms with van der Waals surface area (Å²) in [5, 5.41) is 4.23. The van der Waals surface area contributed by atoms with Gasteiger partial charge in [0.2, 0.25) is 0 Å². The van der Waals surface area contributed by atoms with Crippen molar-refractivity contribution in [2.75, 3.05) is 11.5 Å². The molecule has 108 valence electrons. The highest BCUT2D eigenvalue weighted by Gasteiger charge is 2.07. The Kier molecular flexibility index (Phi) is 3.66. The van der Waals surface area contributed by atoms with Crippen molar-refractivity contribution in [3.8, 4) is 0 Å². The molecule has 0 atom stereocenters. The predicted molar refractivity (Wildman–Crippen MR) is 81.0 cm³/mol. The zero-order chi connectivity index (χ0) is 14.8. The van der Waals surface area contributed by atoms with Crippen molar-refractivity contribution in [2.24, 2.45) is 0 Å². The molecule has 0 unspecified atom stereocenters. The summed E-state index contributed by atoms with van der Waals surface area (Å²) in [4.78, 5) is 12.7. The quantitative estimate of drug-likeness (QED) is 0.591. The molecule has 7 heteroatoms. The maximum absolute atomic E-state index is 13.2. The van der Waals surface area contributed by atoms with Gasteiger partial charge >= 0.3 is 5.69 Å².